The van der Waals surface area contributed by atoms with Gasteiger partial charge in [0.05, 0.1) is 5.69 Å². The number of nitrogens with zero attached hydrogens (tertiary/aromatic N) is 2. The van der Waals surface area contributed by atoms with Gasteiger partial charge in [-0.25, -0.2) is 0 Å². The van der Waals surface area contributed by atoms with Gasteiger partial charge in [-0.2, -0.15) is 0 Å². The van der Waals surface area contributed by atoms with Gasteiger partial charge < -0.3 is 9.80 Å². The van der Waals surface area contributed by atoms with Gasteiger partial charge in [0.25, 0.3) is 0 Å². The molecule has 0 bridgehead atoms. The molecule has 6 aromatic rings. The van der Waals surface area contributed by atoms with Crippen molar-refractivity contribution in [1.29, 1.82) is 0 Å². The van der Waals surface area contributed by atoms with Crippen molar-refractivity contribution in [3.05, 3.63) is 169 Å². The molecule has 0 aliphatic heterocycles. The van der Waals surface area contributed by atoms with E-state index < -0.39 is 0 Å². The van der Waals surface area contributed by atoms with Gasteiger partial charge in [0.1, 0.15) is 0 Å². The molecule has 0 heterocycles. The van der Waals surface area contributed by atoms with Gasteiger partial charge in [-0.15, -0.1) is 0 Å². The molecule has 0 amide bonds. The van der Waals surface area contributed by atoms with Crippen LogP contribution in [-0.4, -0.2) is 7.05 Å². The number of rotatable bonds is 6. The Bertz CT molecular complexity index is 1910. The summed E-state index contributed by atoms with van der Waals surface area (Å²) in [7, 11) is 2.15. The molecule has 0 unspecified atom stereocenters. The largest absolute Gasteiger partial charge is 0.344 e. The van der Waals surface area contributed by atoms with Gasteiger partial charge in [-0.05, 0) is 77.0 Å². The van der Waals surface area contributed by atoms with Gasteiger partial charge >= 0.3 is 0 Å². The molecule has 0 spiro atoms. The van der Waals surface area contributed by atoms with E-state index in [4.69, 9.17) is 0 Å². The van der Waals surface area contributed by atoms with Crippen LogP contribution >= 0.6 is 0 Å². The van der Waals surface area contributed by atoms with Crippen molar-refractivity contribution in [2.75, 3.05) is 16.8 Å². The summed E-state index contributed by atoms with van der Waals surface area (Å²) in [6.45, 7) is 0. The SMILES string of the molecule is CN(c1ccc(N(c2cccc(-c3ccccc3)c2)c2cccc3c2C=CC=CC3)cc1)c1cccc2ccccc12. The van der Waals surface area contributed by atoms with E-state index in [9.17, 15) is 0 Å². The fraction of sp³-hybridized carbons (Fsp3) is 0.0500. The Kier molecular flexibility index (Phi) is 6.87. The van der Waals surface area contributed by atoms with Gasteiger partial charge in [0, 0.05) is 40.7 Å². The Morgan fingerprint density at radius 1 is 0.524 bits per heavy atom. The van der Waals surface area contributed by atoms with Crippen LogP contribution in [0, 0.1) is 0 Å². The first kappa shape index (κ1) is 25.6. The summed E-state index contributed by atoms with van der Waals surface area (Å²) in [6, 6.07) is 50.1. The summed E-state index contributed by atoms with van der Waals surface area (Å²) in [5.74, 6) is 0. The molecule has 0 radical (unpaired) electrons. The van der Waals surface area contributed by atoms with Crippen LogP contribution in [0.15, 0.2) is 158 Å². The standard InChI is InChI=1S/C40H32N2/c1-41(39-23-11-17-31-16-8-9-22-37(31)39)34-25-27-35(28-26-34)42(40-24-12-18-32-15-6-3-7-21-38(32)40)36-20-10-19-33(29-36)30-13-4-2-5-14-30/h2-14,16-29H,15H2,1H3. The molecule has 6 aromatic carbocycles. The Morgan fingerprint density at radius 2 is 1.21 bits per heavy atom. The lowest BCUT2D eigenvalue weighted by atomic mass is 10.00. The normalized spacial score (nSPS) is 12.1. The first-order valence-corrected chi connectivity index (χ1v) is 14.5. The maximum atomic E-state index is 2.39. The smallest absolute Gasteiger partial charge is 0.0536 e. The van der Waals surface area contributed by atoms with Crippen LogP contribution in [0.1, 0.15) is 11.1 Å². The average Bonchev–Trinajstić information content (AvgIpc) is 3.32. The third kappa shape index (κ3) is 4.88. The van der Waals surface area contributed by atoms with Crippen LogP contribution in [0.3, 0.4) is 0 Å². The third-order valence-electron chi connectivity index (χ3n) is 8.10. The lowest BCUT2D eigenvalue weighted by molar-refractivity contribution is 1.20. The van der Waals surface area contributed by atoms with Crippen molar-refractivity contribution in [3.8, 4) is 11.1 Å². The molecular weight excluding hydrogens is 508 g/mol. The van der Waals surface area contributed by atoms with E-state index in [-0.39, 0.29) is 0 Å². The molecule has 2 heteroatoms. The molecule has 2 nitrogen and oxygen atoms in total. The topological polar surface area (TPSA) is 6.48 Å². The number of fused-ring (bicyclic) bond motifs is 2. The molecular formula is C40H32N2. The summed E-state index contributed by atoms with van der Waals surface area (Å²) in [5.41, 5.74) is 10.8. The Balaban J connectivity index is 1.33. The van der Waals surface area contributed by atoms with Crippen LogP contribution in [0.4, 0.5) is 28.4 Å². The zero-order valence-electron chi connectivity index (χ0n) is 23.7. The minimum absolute atomic E-state index is 0.919. The molecule has 1 aliphatic carbocycles. The summed E-state index contributed by atoms with van der Waals surface area (Å²) in [4.78, 5) is 4.66. The minimum Gasteiger partial charge on any atom is -0.344 e. The maximum Gasteiger partial charge on any atom is 0.0536 e. The lowest BCUT2D eigenvalue weighted by Gasteiger charge is -2.29. The van der Waals surface area contributed by atoms with Crippen LogP contribution in [0.2, 0.25) is 0 Å². The van der Waals surface area contributed by atoms with E-state index in [1.165, 1.54) is 44.4 Å². The summed E-state index contributed by atoms with van der Waals surface area (Å²) >= 11 is 0. The Hall–Kier alpha value is -5.34. The van der Waals surface area contributed by atoms with Crippen LogP contribution in [0.5, 0.6) is 0 Å². The molecule has 1 aliphatic rings. The highest BCUT2D eigenvalue weighted by Crippen LogP contribution is 2.41. The van der Waals surface area contributed by atoms with Crippen LogP contribution < -0.4 is 9.80 Å². The Labute approximate surface area is 248 Å². The van der Waals surface area contributed by atoms with E-state index >= 15 is 0 Å². The molecule has 202 valence electrons. The van der Waals surface area contributed by atoms with Gasteiger partial charge in [0.15, 0.2) is 0 Å². The van der Waals surface area contributed by atoms with Crippen molar-refractivity contribution < 1.29 is 0 Å². The van der Waals surface area contributed by atoms with Gasteiger partial charge in [-0.3, -0.25) is 0 Å². The second kappa shape index (κ2) is 11.3. The number of allylic oxidation sites excluding steroid dienone is 3. The van der Waals surface area contributed by atoms with E-state index in [0.29, 0.717) is 0 Å². The number of hydrogen-bond acceptors (Lipinski definition) is 2. The summed E-state index contributed by atoms with van der Waals surface area (Å²) < 4.78 is 0. The zero-order chi connectivity index (χ0) is 28.3. The average molecular weight is 541 g/mol. The third-order valence-corrected chi connectivity index (χ3v) is 8.10. The molecule has 0 saturated heterocycles. The highest BCUT2D eigenvalue weighted by Gasteiger charge is 2.19. The predicted molar refractivity (Wildman–Crippen MR) is 180 cm³/mol. The molecule has 0 aromatic heterocycles. The predicted octanol–water partition coefficient (Wildman–Crippen LogP) is 10.9. The monoisotopic (exact) mass is 540 g/mol. The Morgan fingerprint density at radius 3 is 2.10 bits per heavy atom. The molecule has 42 heavy (non-hydrogen) atoms. The van der Waals surface area contributed by atoms with Crippen molar-refractivity contribution in [2.45, 2.75) is 6.42 Å². The van der Waals surface area contributed by atoms with E-state index in [1.54, 1.807) is 0 Å². The van der Waals surface area contributed by atoms with Gasteiger partial charge in [-0.1, -0.05) is 115 Å². The van der Waals surface area contributed by atoms with Crippen LogP contribution in [0.25, 0.3) is 28.0 Å². The van der Waals surface area contributed by atoms with Crippen molar-refractivity contribution >= 4 is 45.3 Å². The quantitative estimate of drug-likeness (QED) is 0.207. The number of anilines is 5. The second-order valence-corrected chi connectivity index (χ2v) is 10.7. The molecule has 0 saturated carbocycles. The molecule has 7 rings (SSSR count). The maximum absolute atomic E-state index is 2.39. The highest BCUT2D eigenvalue weighted by atomic mass is 15.1. The van der Waals surface area contributed by atoms with Crippen molar-refractivity contribution in [3.63, 3.8) is 0 Å². The molecule has 0 fully saturated rings. The second-order valence-electron chi connectivity index (χ2n) is 10.7. The fourth-order valence-electron chi connectivity index (χ4n) is 5.94. The lowest BCUT2D eigenvalue weighted by Crippen LogP contribution is -2.13. The number of benzene rings is 6. The molecule has 0 N–H and O–H groups in total. The fourth-order valence-corrected chi connectivity index (χ4v) is 5.94. The molecule has 0 atom stereocenters. The highest BCUT2D eigenvalue weighted by molar-refractivity contribution is 5.96. The first-order valence-electron chi connectivity index (χ1n) is 14.5. The van der Waals surface area contributed by atoms with E-state index in [0.717, 1.165) is 23.5 Å². The van der Waals surface area contributed by atoms with E-state index in [1.807, 2.05) is 0 Å². The minimum atomic E-state index is 0.919. The van der Waals surface area contributed by atoms with Crippen LogP contribution in [-0.2, 0) is 6.42 Å². The summed E-state index contributed by atoms with van der Waals surface area (Å²) in [5, 5.41) is 2.49. The number of hydrogen-bond donors (Lipinski definition) is 0. The summed E-state index contributed by atoms with van der Waals surface area (Å²) in [6.07, 6.45) is 9.68. The van der Waals surface area contributed by atoms with Gasteiger partial charge in [0.2, 0.25) is 0 Å². The van der Waals surface area contributed by atoms with Crippen molar-refractivity contribution in [2.24, 2.45) is 0 Å². The zero-order valence-corrected chi connectivity index (χ0v) is 23.7. The van der Waals surface area contributed by atoms with Crippen molar-refractivity contribution in [1.82, 2.24) is 0 Å². The first-order chi connectivity index (χ1) is 20.8. The van der Waals surface area contributed by atoms with E-state index in [2.05, 4.69) is 181 Å².